The van der Waals surface area contributed by atoms with E-state index in [1.165, 1.54) is 11.3 Å². The molecule has 0 fully saturated rings. The van der Waals surface area contributed by atoms with Crippen LogP contribution in [0.1, 0.15) is 4.88 Å². The second-order valence-corrected chi connectivity index (χ2v) is 4.14. The minimum Gasteiger partial charge on any atom is -0.287 e. The fourth-order valence-corrected chi connectivity index (χ4v) is 1.85. The van der Waals surface area contributed by atoms with Crippen molar-refractivity contribution in [3.8, 4) is 5.75 Å². The van der Waals surface area contributed by atoms with Crippen molar-refractivity contribution in [2.24, 2.45) is 0 Å². The Labute approximate surface area is 97.2 Å². The number of thiophene rings is 1. The van der Waals surface area contributed by atoms with Crippen LogP contribution < -0.4 is 4.89 Å². The van der Waals surface area contributed by atoms with Crippen LogP contribution in [0.25, 0.3) is 0 Å². The molecule has 1 heterocycles. The average Bonchev–Trinajstić information content (AvgIpc) is 2.81. The zero-order valence-corrected chi connectivity index (χ0v) is 9.28. The number of benzene rings is 1. The van der Waals surface area contributed by atoms with E-state index in [0.717, 1.165) is 4.88 Å². The van der Waals surface area contributed by atoms with E-state index in [1.807, 2.05) is 35.7 Å². The van der Waals surface area contributed by atoms with Crippen LogP contribution in [0.5, 0.6) is 5.75 Å². The van der Waals surface area contributed by atoms with Crippen molar-refractivity contribution < 1.29 is 14.6 Å². The van der Waals surface area contributed by atoms with E-state index in [9.17, 15) is 4.79 Å². The van der Waals surface area contributed by atoms with E-state index in [2.05, 4.69) is 4.89 Å². The Morgan fingerprint density at radius 3 is 2.62 bits per heavy atom. The molecule has 0 aliphatic rings. The molecule has 1 aromatic carbocycles. The molecule has 0 atom stereocenters. The molecule has 0 aliphatic carbocycles. The lowest BCUT2D eigenvalue weighted by Crippen LogP contribution is -2.09. The van der Waals surface area contributed by atoms with Crippen molar-refractivity contribution in [1.29, 1.82) is 0 Å². The van der Waals surface area contributed by atoms with Crippen LogP contribution in [0.2, 0.25) is 0 Å². The van der Waals surface area contributed by atoms with Gasteiger partial charge in [0.25, 0.3) is 0 Å². The van der Waals surface area contributed by atoms with Gasteiger partial charge in [-0.05, 0) is 23.6 Å². The molecule has 4 heteroatoms. The lowest BCUT2D eigenvalue weighted by Gasteiger charge is -2.02. The number of rotatable bonds is 4. The summed E-state index contributed by atoms with van der Waals surface area (Å²) in [5, 5.41) is 1.92. The maximum atomic E-state index is 11.3. The van der Waals surface area contributed by atoms with Crippen molar-refractivity contribution in [2.75, 3.05) is 0 Å². The molecule has 2 aromatic rings. The van der Waals surface area contributed by atoms with Crippen molar-refractivity contribution in [3.05, 3.63) is 52.7 Å². The second kappa shape index (κ2) is 5.32. The van der Waals surface area contributed by atoms with Gasteiger partial charge in [-0.2, -0.15) is 0 Å². The zero-order chi connectivity index (χ0) is 11.2. The van der Waals surface area contributed by atoms with E-state index in [4.69, 9.17) is 4.89 Å². The highest BCUT2D eigenvalue weighted by Crippen LogP contribution is 2.12. The van der Waals surface area contributed by atoms with Gasteiger partial charge in [0.05, 0.1) is 6.42 Å². The normalized spacial score (nSPS) is 9.75. The molecule has 0 spiro atoms. The van der Waals surface area contributed by atoms with Crippen LogP contribution in [0.4, 0.5) is 0 Å². The Hall–Kier alpha value is -1.81. The summed E-state index contributed by atoms with van der Waals surface area (Å²) in [5.41, 5.74) is 0. The van der Waals surface area contributed by atoms with Gasteiger partial charge in [-0.15, -0.1) is 11.3 Å². The Bertz CT molecular complexity index is 437. The first-order valence-electron chi connectivity index (χ1n) is 4.79. The van der Waals surface area contributed by atoms with Gasteiger partial charge < -0.3 is 0 Å². The number of hydrogen-bond acceptors (Lipinski definition) is 4. The number of carbonyl (C=O) groups excluding carboxylic acids is 1. The van der Waals surface area contributed by atoms with Gasteiger partial charge in [-0.25, -0.2) is 4.79 Å². The third-order valence-electron chi connectivity index (χ3n) is 1.87. The molecule has 0 amide bonds. The highest BCUT2D eigenvalue weighted by molar-refractivity contribution is 7.10. The van der Waals surface area contributed by atoms with Crippen LogP contribution in [0, 0.1) is 0 Å². The molecule has 0 radical (unpaired) electrons. The molecule has 16 heavy (non-hydrogen) atoms. The summed E-state index contributed by atoms with van der Waals surface area (Å²) in [4.78, 5) is 21.8. The molecule has 2 rings (SSSR count). The van der Waals surface area contributed by atoms with Gasteiger partial charge in [-0.1, -0.05) is 24.3 Å². The average molecular weight is 234 g/mol. The second-order valence-electron chi connectivity index (χ2n) is 3.11. The highest BCUT2D eigenvalue weighted by Gasteiger charge is 2.07. The molecule has 1 aromatic heterocycles. The van der Waals surface area contributed by atoms with Gasteiger partial charge in [0, 0.05) is 4.88 Å². The fraction of sp³-hybridized carbons (Fsp3) is 0.0833. The summed E-state index contributed by atoms with van der Waals surface area (Å²) in [7, 11) is 0. The highest BCUT2D eigenvalue weighted by atomic mass is 32.1. The maximum absolute atomic E-state index is 11.3. The molecule has 82 valence electrons. The number of para-hydroxylation sites is 1. The van der Waals surface area contributed by atoms with Crippen molar-refractivity contribution >= 4 is 17.3 Å². The van der Waals surface area contributed by atoms with Crippen LogP contribution >= 0.6 is 11.3 Å². The molecule has 0 saturated heterocycles. The van der Waals surface area contributed by atoms with Crippen molar-refractivity contribution in [1.82, 2.24) is 0 Å². The molecular formula is C12H10O3S. The monoisotopic (exact) mass is 234 g/mol. The van der Waals surface area contributed by atoms with E-state index in [-0.39, 0.29) is 6.42 Å². The number of carbonyl (C=O) groups is 1. The molecule has 0 aliphatic heterocycles. The van der Waals surface area contributed by atoms with Gasteiger partial charge in [-0.3, -0.25) is 9.78 Å². The Morgan fingerprint density at radius 1 is 1.12 bits per heavy atom. The summed E-state index contributed by atoms with van der Waals surface area (Å²) in [6, 6.07) is 12.7. The van der Waals surface area contributed by atoms with E-state index in [0.29, 0.717) is 5.75 Å². The summed E-state index contributed by atoms with van der Waals surface area (Å²) < 4.78 is 0. The summed E-state index contributed by atoms with van der Waals surface area (Å²) in [6.45, 7) is 0. The molecule has 0 saturated carbocycles. The first kappa shape index (κ1) is 10.7. The molecule has 0 N–H and O–H groups in total. The smallest absolute Gasteiger partial charge is 0.287 e. The topological polar surface area (TPSA) is 35.5 Å². The van der Waals surface area contributed by atoms with E-state index < -0.39 is 5.97 Å². The largest absolute Gasteiger partial charge is 0.360 e. The van der Waals surface area contributed by atoms with Crippen LogP contribution in [-0.4, -0.2) is 5.97 Å². The van der Waals surface area contributed by atoms with Crippen molar-refractivity contribution in [3.63, 3.8) is 0 Å². The Kier molecular flexibility index (Phi) is 3.56. The van der Waals surface area contributed by atoms with Gasteiger partial charge >= 0.3 is 5.97 Å². The van der Waals surface area contributed by atoms with Crippen LogP contribution in [-0.2, 0) is 16.1 Å². The Morgan fingerprint density at radius 2 is 1.94 bits per heavy atom. The SMILES string of the molecule is O=C(Cc1cccs1)OOc1ccccc1. The maximum Gasteiger partial charge on any atom is 0.360 e. The predicted molar refractivity (Wildman–Crippen MR) is 61.2 cm³/mol. The third kappa shape index (κ3) is 3.10. The van der Waals surface area contributed by atoms with Crippen LogP contribution in [0.3, 0.4) is 0 Å². The van der Waals surface area contributed by atoms with Gasteiger partial charge in [0.1, 0.15) is 0 Å². The standard InChI is InChI=1S/C12H10O3S/c13-12(9-11-7-4-8-16-11)15-14-10-5-2-1-3-6-10/h1-8H,9H2. The van der Waals surface area contributed by atoms with E-state index >= 15 is 0 Å². The Balaban J connectivity index is 1.80. The van der Waals surface area contributed by atoms with Gasteiger partial charge in [0.15, 0.2) is 5.75 Å². The fourth-order valence-electron chi connectivity index (χ4n) is 1.16. The minimum absolute atomic E-state index is 0.241. The minimum atomic E-state index is -0.397. The summed E-state index contributed by atoms with van der Waals surface area (Å²) in [5.74, 6) is 0.119. The first-order chi connectivity index (χ1) is 7.84. The molecule has 0 unspecified atom stereocenters. The molecular weight excluding hydrogens is 224 g/mol. The summed E-state index contributed by atoms with van der Waals surface area (Å²) >= 11 is 1.52. The van der Waals surface area contributed by atoms with Crippen LogP contribution in [0.15, 0.2) is 47.8 Å². The van der Waals surface area contributed by atoms with E-state index in [1.54, 1.807) is 12.1 Å². The molecule has 0 bridgehead atoms. The summed E-state index contributed by atoms with van der Waals surface area (Å²) in [6.07, 6.45) is 0.241. The molecule has 3 nitrogen and oxygen atoms in total. The lowest BCUT2D eigenvalue weighted by molar-refractivity contribution is -0.212. The van der Waals surface area contributed by atoms with Crippen molar-refractivity contribution in [2.45, 2.75) is 6.42 Å². The van der Waals surface area contributed by atoms with Gasteiger partial charge in [0.2, 0.25) is 0 Å². The zero-order valence-electron chi connectivity index (χ0n) is 8.46. The first-order valence-corrected chi connectivity index (χ1v) is 5.67. The predicted octanol–water partition coefficient (Wildman–Crippen LogP) is 2.83. The number of hydrogen-bond donors (Lipinski definition) is 0. The lowest BCUT2D eigenvalue weighted by atomic mass is 10.3. The third-order valence-corrected chi connectivity index (χ3v) is 2.75. The quantitative estimate of drug-likeness (QED) is 0.602.